The van der Waals surface area contributed by atoms with Gasteiger partial charge in [-0.15, -0.1) is 0 Å². The van der Waals surface area contributed by atoms with E-state index in [1.54, 1.807) is 7.11 Å². The summed E-state index contributed by atoms with van der Waals surface area (Å²) >= 11 is 0. The summed E-state index contributed by atoms with van der Waals surface area (Å²) in [7, 11) is 1.66. The van der Waals surface area contributed by atoms with Gasteiger partial charge in [-0.3, -0.25) is 0 Å². The molecule has 0 spiro atoms. The van der Waals surface area contributed by atoms with Crippen LogP contribution in [0.1, 0.15) is 33.6 Å². The van der Waals surface area contributed by atoms with E-state index >= 15 is 0 Å². The van der Waals surface area contributed by atoms with E-state index < -0.39 is 5.60 Å². The third kappa shape index (κ3) is 1.37. The van der Waals surface area contributed by atoms with Crippen molar-refractivity contribution in [3.63, 3.8) is 0 Å². The first kappa shape index (κ1) is 9.96. The average molecular weight is 173 g/mol. The molecule has 1 unspecified atom stereocenters. The summed E-state index contributed by atoms with van der Waals surface area (Å²) < 4.78 is 0. The maximum absolute atomic E-state index is 10.1. The Kier molecular flexibility index (Phi) is 2.47. The van der Waals surface area contributed by atoms with E-state index in [1.807, 2.05) is 25.8 Å². The van der Waals surface area contributed by atoms with Crippen molar-refractivity contribution in [2.75, 3.05) is 13.7 Å². The summed E-state index contributed by atoms with van der Waals surface area (Å²) in [5, 5.41) is 11.9. The van der Waals surface area contributed by atoms with Gasteiger partial charge in [-0.05, 0) is 33.6 Å². The molecule has 0 amide bonds. The summed E-state index contributed by atoms with van der Waals surface area (Å²) in [6, 6.07) is 0. The Balaban J connectivity index is 2.82. The first-order valence-electron chi connectivity index (χ1n) is 4.46. The Morgan fingerprint density at radius 1 is 1.33 bits per heavy atom. The predicted molar refractivity (Wildman–Crippen MR) is 47.7 cm³/mol. The SMILES string of the molecule is CON1CCCC(C)(O)C1(C)C. The lowest BCUT2D eigenvalue weighted by molar-refractivity contribution is -0.262. The molecule has 0 saturated carbocycles. The smallest absolute Gasteiger partial charge is 0.0820 e. The van der Waals surface area contributed by atoms with Crippen LogP contribution < -0.4 is 0 Å². The molecule has 0 radical (unpaired) electrons. The van der Waals surface area contributed by atoms with Gasteiger partial charge in [-0.2, -0.15) is 5.06 Å². The molecular formula is C9H19NO2. The van der Waals surface area contributed by atoms with Crippen molar-refractivity contribution in [1.29, 1.82) is 0 Å². The minimum atomic E-state index is -0.652. The van der Waals surface area contributed by atoms with Crippen molar-refractivity contribution in [2.45, 2.75) is 44.8 Å². The van der Waals surface area contributed by atoms with Gasteiger partial charge in [0.25, 0.3) is 0 Å². The molecule has 0 aromatic carbocycles. The number of hydrogen-bond donors (Lipinski definition) is 1. The van der Waals surface area contributed by atoms with Crippen LogP contribution >= 0.6 is 0 Å². The summed E-state index contributed by atoms with van der Waals surface area (Å²) in [6.45, 7) is 6.79. The normalized spacial score (nSPS) is 36.8. The van der Waals surface area contributed by atoms with Crippen LogP contribution in [0.3, 0.4) is 0 Å². The summed E-state index contributed by atoms with van der Waals surface area (Å²) in [5.41, 5.74) is -0.943. The van der Waals surface area contributed by atoms with Gasteiger partial charge in [-0.1, -0.05) is 0 Å². The standard InChI is InChI=1S/C9H19NO2/c1-8(2)9(3,11)6-5-7-10(8)12-4/h11H,5-7H2,1-4H3. The Labute approximate surface area is 74.3 Å². The fourth-order valence-corrected chi connectivity index (χ4v) is 1.74. The van der Waals surface area contributed by atoms with Crippen molar-refractivity contribution in [3.05, 3.63) is 0 Å². The van der Waals surface area contributed by atoms with Crippen LogP contribution in [-0.4, -0.2) is 35.0 Å². The van der Waals surface area contributed by atoms with Gasteiger partial charge in [0.05, 0.1) is 18.2 Å². The molecule has 1 saturated heterocycles. The Morgan fingerprint density at radius 3 is 2.33 bits per heavy atom. The molecule has 1 rings (SSSR count). The van der Waals surface area contributed by atoms with E-state index in [0.717, 1.165) is 19.4 Å². The van der Waals surface area contributed by atoms with E-state index in [2.05, 4.69) is 0 Å². The summed E-state index contributed by atoms with van der Waals surface area (Å²) in [4.78, 5) is 5.22. The van der Waals surface area contributed by atoms with Gasteiger partial charge in [0.1, 0.15) is 0 Å². The van der Waals surface area contributed by atoms with Gasteiger partial charge in [0.15, 0.2) is 0 Å². The third-order valence-electron chi connectivity index (χ3n) is 3.19. The Morgan fingerprint density at radius 2 is 1.92 bits per heavy atom. The lowest BCUT2D eigenvalue weighted by atomic mass is 9.77. The minimum absolute atomic E-state index is 0.292. The molecule has 1 heterocycles. The average Bonchev–Trinajstić information content (AvgIpc) is 1.95. The molecule has 1 N–H and O–H groups in total. The van der Waals surface area contributed by atoms with Crippen molar-refractivity contribution in [1.82, 2.24) is 5.06 Å². The highest BCUT2D eigenvalue weighted by atomic mass is 16.7. The molecule has 3 heteroatoms. The highest BCUT2D eigenvalue weighted by Gasteiger charge is 2.46. The second-order valence-electron chi connectivity index (χ2n) is 4.22. The van der Waals surface area contributed by atoms with Gasteiger partial charge in [-0.25, -0.2) is 0 Å². The Hall–Kier alpha value is -0.120. The number of nitrogens with zero attached hydrogens (tertiary/aromatic N) is 1. The molecule has 1 fully saturated rings. The molecule has 1 atom stereocenters. The monoisotopic (exact) mass is 173 g/mol. The predicted octanol–water partition coefficient (Wildman–Crippen LogP) is 1.17. The largest absolute Gasteiger partial charge is 0.388 e. The zero-order chi connectivity index (χ0) is 9.41. The van der Waals surface area contributed by atoms with Gasteiger partial charge >= 0.3 is 0 Å². The Bertz CT molecular complexity index is 166. The lowest BCUT2D eigenvalue weighted by Gasteiger charge is -2.50. The molecule has 1 aliphatic rings. The maximum atomic E-state index is 10.1. The van der Waals surface area contributed by atoms with Gasteiger partial charge < -0.3 is 9.94 Å². The summed E-state index contributed by atoms with van der Waals surface area (Å²) in [5.74, 6) is 0. The number of rotatable bonds is 1. The van der Waals surface area contributed by atoms with E-state index in [-0.39, 0.29) is 5.54 Å². The maximum Gasteiger partial charge on any atom is 0.0820 e. The van der Waals surface area contributed by atoms with Crippen LogP contribution in [0.15, 0.2) is 0 Å². The molecular weight excluding hydrogens is 154 g/mol. The molecule has 0 aliphatic carbocycles. The lowest BCUT2D eigenvalue weighted by Crippen LogP contribution is -2.62. The third-order valence-corrected chi connectivity index (χ3v) is 3.19. The number of aliphatic hydroxyl groups is 1. The second-order valence-corrected chi connectivity index (χ2v) is 4.22. The van der Waals surface area contributed by atoms with Crippen LogP contribution in [0.4, 0.5) is 0 Å². The molecule has 0 bridgehead atoms. The van der Waals surface area contributed by atoms with Crippen LogP contribution in [-0.2, 0) is 4.84 Å². The van der Waals surface area contributed by atoms with E-state index in [4.69, 9.17) is 4.84 Å². The highest BCUT2D eigenvalue weighted by molar-refractivity contribution is 4.99. The number of hydrogen-bond acceptors (Lipinski definition) is 3. The molecule has 1 aliphatic heterocycles. The molecule has 12 heavy (non-hydrogen) atoms. The number of hydroxylamine groups is 2. The molecule has 0 aromatic heterocycles. The molecule has 0 aromatic rings. The van der Waals surface area contributed by atoms with Crippen molar-refractivity contribution in [2.24, 2.45) is 0 Å². The first-order chi connectivity index (χ1) is 5.42. The van der Waals surface area contributed by atoms with Gasteiger partial charge in [0.2, 0.25) is 0 Å². The van der Waals surface area contributed by atoms with Crippen molar-refractivity contribution < 1.29 is 9.94 Å². The minimum Gasteiger partial charge on any atom is -0.388 e. The molecule has 72 valence electrons. The van der Waals surface area contributed by atoms with E-state index in [9.17, 15) is 5.11 Å². The zero-order valence-electron chi connectivity index (χ0n) is 8.42. The van der Waals surface area contributed by atoms with Crippen LogP contribution in [0, 0.1) is 0 Å². The quantitative estimate of drug-likeness (QED) is 0.646. The molecule has 3 nitrogen and oxygen atoms in total. The van der Waals surface area contributed by atoms with Crippen LogP contribution in [0.2, 0.25) is 0 Å². The summed E-state index contributed by atoms with van der Waals surface area (Å²) in [6.07, 6.45) is 1.84. The van der Waals surface area contributed by atoms with Crippen LogP contribution in [0.25, 0.3) is 0 Å². The fourth-order valence-electron chi connectivity index (χ4n) is 1.74. The second kappa shape index (κ2) is 2.98. The zero-order valence-corrected chi connectivity index (χ0v) is 8.42. The highest BCUT2D eigenvalue weighted by Crippen LogP contribution is 2.36. The fraction of sp³-hybridized carbons (Fsp3) is 1.00. The number of piperidine rings is 1. The van der Waals surface area contributed by atoms with E-state index in [1.165, 1.54) is 0 Å². The van der Waals surface area contributed by atoms with Crippen molar-refractivity contribution >= 4 is 0 Å². The van der Waals surface area contributed by atoms with Crippen molar-refractivity contribution in [3.8, 4) is 0 Å². The topological polar surface area (TPSA) is 32.7 Å². The van der Waals surface area contributed by atoms with Crippen LogP contribution in [0.5, 0.6) is 0 Å². The van der Waals surface area contributed by atoms with E-state index in [0.29, 0.717) is 0 Å². The van der Waals surface area contributed by atoms with Gasteiger partial charge in [0, 0.05) is 6.54 Å². The first-order valence-corrected chi connectivity index (χ1v) is 4.46.